The van der Waals surface area contributed by atoms with Gasteiger partial charge in [-0.1, -0.05) is 45.2 Å². The molecule has 0 atom stereocenters. The van der Waals surface area contributed by atoms with Crippen molar-refractivity contribution >= 4 is 56.8 Å². The Balaban J connectivity index is 2.07. The third kappa shape index (κ3) is 4.60. The molecule has 2 aromatic carbocycles. The molecule has 0 saturated heterocycles. The molecule has 0 aliphatic heterocycles. The van der Waals surface area contributed by atoms with E-state index in [9.17, 15) is 4.79 Å². The fourth-order valence-electron chi connectivity index (χ4n) is 1.71. The van der Waals surface area contributed by atoms with Crippen LogP contribution >= 0.6 is 39.1 Å². The number of anilines is 1. The first-order valence-corrected chi connectivity index (χ1v) is 7.71. The zero-order valence-electron chi connectivity index (χ0n) is 11.2. The van der Waals surface area contributed by atoms with Crippen molar-refractivity contribution in [2.75, 3.05) is 5.32 Å². The Bertz CT molecular complexity index is 713. The van der Waals surface area contributed by atoms with Crippen LogP contribution in [0.5, 0.6) is 0 Å². The molecule has 21 heavy (non-hydrogen) atoms. The van der Waals surface area contributed by atoms with Gasteiger partial charge < -0.3 is 5.32 Å². The minimum atomic E-state index is -0.220. The van der Waals surface area contributed by atoms with Crippen molar-refractivity contribution in [3.05, 3.63) is 68.1 Å². The van der Waals surface area contributed by atoms with Gasteiger partial charge in [0.05, 0.1) is 0 Å². The largest absolute Gasteiger partial charge is 0.323 e. The summed E-state index contributed by atoms with van der Waals surface area (Å²) in [5, 5.41) is 3.86. The number of hydrogen-bond acceptors (Lipinski definition) is 1. The van der Waals surface area contributed by atoms with E-state index in [1.54, 1.807) is 24.3 Å². The van der Waals surface area contributed by atoms with Gasteiger partial charge in [-0.25, -0.2) is 0 Å². The number of rotatable bonds is 3. The van der Waals surface area contributed by atoms with Crippen molar-refractivity contribution in [3.8, 4) is 0 Å². The maximum atomic E-state index is 11.9. The van der Waals surface area contributed by atoms with Crippen LogP contribution in [0, 0.1) is 6.92 Å². The number of hydrogen-bond donors (Lipinski definition) is 1. The van der Waals surface area contributed by atoms with Crippen LogP contribution in [0.15, 0.2) is 46.9 Å². The quantitative estimate of drug-likeness (QED) is 0.674. The van der Waals surface area contributed by atoms with Gasteiger partial charge in [-0.2, -0.15) is 0 Å². The van der Waals surface area contributed by atoms with Crippen LogP contribution in [0.2, 0.25) is 10.0 Å². The summed E-state index contributed by atoms with van der Waals surface area (Å²) in [5.41, 5.74) is 2.54. The molecule has 0 unspecified atom stereocenters. The summed E-state index contributed by atoms with van der Waals surface area (Å²) in [6.07, 6.45) is 3.09. The summed E-state index contributed by atoms with van der Waals surface area (Å²) in [6.45, 7) is 1.96. The normalized spacial score (nSPS) is 10.9. The van der Waals surface area contributed by atoms with Crippen molar-refractivity contribution in [2.24, 2.45) is 0 Å². The average Bonchev–Trinajstić information content (AvgIpc) is 2.42. The van der Waals surface area contributed by atoms with Crippen molar-refractivity contribution in [1.29, 1.82) is 0 Å². The van der Waals surface area contributed by atoms with Crippen LogP contribution in [0.1, 0.15) is 11.1 Å². The second kappa shape index (κ2) is 7.12. The fourth-order valence-corrected chi connectivity index (χ4v) is 2.43. The van der Waals surface area contributed by atoms with Gasteiger partial charge in [-0.3, -0.25) is 4.79 Å². The summed E-state index contributed by atoms with van der Waals surface area (Å²) in [6, 6.07) is 10.7. The Kier molecular flexibility index (Phi) is 5.45. The smallest absolute Gasteiger partial charge is 0.248 e. The number of carbonyl (C=O) groups excluding carboxylic acids is 1. The molecule has 0 aromatic heterocycles. The van der Waals surface area contributed by atoms with E-state index in [1.807, 2.05) is 25.1 Å². The molecule has 0 radical (unpaired) electrons. The molecule has 0 bridgehead atoms. The number of aryl methyl sites for hydroxylation is 1. The van der Waals surface area contributed by atoms with Crippen LogP contribution in [0.4, 0.5) is 5.69 Å². The maximum absolute atomic E-state index is 11.9. The lowest BCUT2D eigenvalue weighted by atomic mass is 10.2. The van der Waals surface area contributed by atoms with Crippen molar-refractivity contribution in [2.45, 2.75) is 6.92 Å². The van der Waals surface area contributed by atoms with Crippen molar-refractivity contribution in [3.63, 3.8) is 0 Å². The van der Waals surface area contributed by atoms with E-state index in [4.69, 9.17) is 23.2 Å². The van der Waals surface area contributed by atoms with Gasteiger partial charge in [-0.15, -0.1) is 0 Å². The van der Waals surface area contributed by atoms with E-state index < -0.39 is 0 Å². The van der Waals surface area contributed by atoms with Gasteiger partial charge in [0.1, 0.15) is 0 Å². The topological polar surface area (TPSA) is 29.1 Å². The number of amides is 1. The van der Waals surface area contributed by atoms with Crippen molar-refractivity contribution in [1.82, 2.24) is 0 Å². The molecule has 0 spiro atoms. The molecule has 1 N–H and O–H groups in total. The third-order valence-corrected chi connectivity index (χ3v) is 4.25. The Morgan fingerprint density at radius 3 is 2.62 bits per heavy atom. The van der Waals surface area contributed by atoms with Crippen LogP contribution in [-0.2, 0) is 4.79 Å². The van der Waals surface area contributed by atoms with E-state index in [0.717, 1.165) is 21.3 Å². The molecule has 108 valence electrons. The van der Waals surface area contributed by atoms with E-state index >= 15 is 0 Å². The lowest BCUT2D eigenvalue weighted by Gasteiger charge is -2.05. The Hall–Kier alpha value is -1.29. The standard InChI is InChI=1S/C16H12BrCl2NO/c1-10-8-13(5-6-14(10)17)20-16(21)7-3-11-2-4-12(18)9-15(11)19/h2-9H,1H3,(H,20,21). The first-order valence-electron chi connectivity index (χ1n) is 6.16. The second-order valence-corrected chi connectivity index (χ2v) is 6.15. The molecule has 0 aliphatic rings. The highest BCUT2D eigenvalue weighted by molar-refractivity contribution is 9.10. The molecule has 0 saturated carbocycles. The number of carbonyl (C=O) groups is 1. The van der Waals surface area contributed by atoms with E-state index in [-0.39, 0.29) is 5.91 Å². The highest BCUT2D eigenvalue weighted by Crippen LogP contribution is 2.22. The molecule has 0 heterocycles. The Morgan fingerprint density at radius 2 is 1.95 bits per heavy atom. The molecule has 5 heteroatoms. The van der Waals surface area contributed by atoms with Crippen LogP contribution in [0.25, 0.3) is 6.08 Å². The zero-order valence-corrected chi connectivity index (χ0v) is 14.3. The Labute approximate surface area is 141 Å². The zero-order chi connectivity index (χ0) is 15.4. The fraction of sp³-hybridized carbons (Fsp3) is 0.0625. The van der Waals surface area contributed by atoms with E-state index in [0.29, 0.717) is 10.0 Å². The third-order valence-electron chi connectivity index (χ3n) is 2.80. The summed E-state index contributed by atoms with van der Waals surface area (Å²) in [7, 11) is 0. The second-order valence-electron chi connectivity index (χ2n) is 4.45. The number of benzene rings is 2. The van der Waals surface area contributed by atoms with Gasteiger partial charge in [0.25, 0.3) is 0 Å². The van der Waals surface area contributed by atoms with Gasteiger partial charge in [-0.05, 0) is 54.5 Å². The number of halogens is 3. The van der Waals surface area contributed by atoms with E-state index in [1.165, 1.54) is 6.08 Å². The molecule has 0 aliphatic carbocycles. The summed E-state index contributed by atoms with van der Waals surface area (Å²) < 4.78 is 1.00. The van der Waals surface area contributed by atoms with Crippen molar-refractivity contribution < 1.29 is 4.79 Å². The summed E-state index contributed by atoms with van der Waals surface area (Å²) in [5.74, 6) is -0.220. The first-order chi connectivity index (χ1) is 9.95. The van der Waals surface area contributed by atoms with E-state index in [2.05, 4.69) is 21.2 Å². The van der Waals surface area contributed by atoms with Crippen LogP contribution < -0.4 is 5.32 Å². The molecule has 1 amide bonds. The minimum Gasteiger partial charge on any atom is -0.323 e. The predicted octanol–water partition coefficient (Wildman–Crippen LogP) is 5.72. The average molecular weight is 385 g/mol. The molecule has 0 fully saturated rings. The van der Waals surface area contributed by atoms with Gasteiger partial charge in [0, 0.05) is 26.3 Å². The predicted molar refractivity (Wildman–Crippen MR) is 93.0 cm³/mol. The Morgan fingerprint density at radius 1 is 1.19 bits per heavy atom. The highest BCUT2D eigenvalue weighted by Gasteiger charge is 2.02. The van der Waals surface area contributed by atoms with Gasteiger partial charge in [0.15, 0.2) is 0 Å². The minimum absolute atomic E-state index is 0.220. The first kappa shape index (κ1) is 16.1. The lowest BCUT2D eigenvalue weighted by Crippen LogP contribution is -2.07. The molecule has 2 rings (SSSR count). The molecular weight excluding hydrogens is 373 g/mol. The van der Waals surface area contributed by atoms with Crippen LogP contribution in [0.3, 0.4) is 0 Å². The summed E-state index contributed by atoms with van der Waals surface area (Å²) in [4.78, 5) is 11.9. The van der Waals surface area contributed by atoms with Crippen LogP contribution in [-0.4, -0.2) is 5.91 Å². The summed E-state index contributed by atoms with van der Waals surface area (Å²) >= 11 is 15.3. The van der Waals surface area contributed by atoms with Gasteiger partial charge in [0.2, 0.25) is 5.91 Å². The maximum Gasteiger partial charge on any atom is 0.248 e. The highest BCUT2D eigenvalue weighted by atomic mass is 79.9. The molecular formula is C16H12BrCl2NO. The SMILES string of the molecule is Cc1cc(NC(=O)C=Cc2ccc(Cl)cc2Cl)ccc1Br. The monoisotopic (exact) mass is 383 g/mol. The molecule has 2 aromatic rings. The lowest BCUT2D eigenvalue weighted by molar-refractivity contribution is -0.111. The number of nitrogens with one attached hydrogen (secondary N) is 1. The van der Waals surface area contributed by atoms with Gasteiger partial charge >= 0.3 is 0 Å². The molecule has 2 nitrogen and oxygen atoms in total.